The van der Waals surface area contributed by atoms with E-state index in [2.05, 4.69) is 0 Å². The highest BCUT2D eigenvalue weighted by molar-refractivity contribution is 5.83. The van der Waals surface area contributed by atoms with Crippen molar-refractivity contribution in [3.8, 4) is 0 Å². The summed E-state index contributed by atoms with van der Waals surface area (Å²) in [6, 6.07) is 0. The fourth-order valence-corrected chi connectivity index (χ4v) is 0.568. The number of carbonyl (C=O) groups is 1. The minimum absolute atomic E-state index is 0.280. The van der Waals surface area contributed by atoms with Crippen molar-refractivity contribution >= 4 is 5.97 Å². The van der Waals surface area contributed by atoms with Gasteiger partial charge in [0.1, 0.15) is 0 Å². The summed E-state index contributed by atoms with van der Waals surface area (Å²) in [4.78, 5) is 10.1. The Labute approximate surface area is 55.2 Å². The zero-order valence-electron chi connectivity index (χ0n) is 5.97. The molecule has 0 radical (unpaired) electrons. The third kappa shape index (κ3) is 3.76. The fourth-order valence-electron chi connectivity index (χ4n) is 0.568. The average Bonchev–Trinajstić information content (AvgIpc) is 1.63. The third-order valence-electron chi connectivity index (χ3n) is 0.905. The Morgan fingerprint density at radius 1 is 1.56 bits per heavy atom. The first-order chi connectivity index (χ1) is 4.04. The lowest BCUT2D eigenvalue weighted by atomic mass is 10.1. The maximum absolute atomic E-state index is 10.1. The van der Waals surface area contributed by atoms with Crippen LogP contribution < -0.4 is 5.11 Å². The monoisotopic (exact) mass is 127 g/mol. The van der Waals surface area contributed by atoms with Crippen LogP contribution in [0.4, 0.5) is 0 Å². The third-order valence-corrected chi connectivity index (χ3v) is 0.905. The van der Waals surface area contributed by atoms with Crippen LogP contribution in [0.5, 0.6) is 0 Å². The number of rotatable bonds is 2. The van der Waals surface area contributed by atoms with Gasteiger partial charge in [0.2, 0.25) is 0 Å². The zero-order valence-corrected chi connectivity index (χ0v) is 5.97. The van der Waals surface area contributed by atoms with Gasteiger partial charge in [-0.1, -0.05) is 19.9 Å². The van der Waals surface area contributed by atoms with Gasteiger partial charge in [0.15, 0.2) is 0 Å². The topological polar surface area (TPSA) is 40.1 Å². The number of carboxylic acids is 1. The van der Waals surface area contributed by atoms with E-state index in [4.69, 9.17) is 0 Å². The summed E-state index contributed by atoms with van der Waals surface area (Å²) < 4.78 is 0. The van der Waals surface area contributed by atoms with E-state index in [1.54, 1.807) is 6.08 Å². The van der Waals surface area contributed by atoms with Crippen molar-refractivity contribution in [2.24, 2.45) is 5.92 Å². The summed E-state index contributed by atoms with van der Waals surface area (Å²) in [6.45, 7) is 5.38. The number of aliphatic carboxylic acids is 1. The molecule has 0 spiro atoms. The lowest BCUT2D eigenvalue weighted by Gasteiger charge is -2.02. The lowest BCUT2D eigenvalue weighted by molar-refractivity contribution is -0.299. The number of carbonyl (C=O) groups excluding carboxylic acids is 1. The van der Waals surface area contributed by atoms with Gasteiger partial charge in [-0.3, -0.25) is 0 Å². The summed E-state index contributed by atoms with van der Waals surface area (Å²) in [6.07, 6.45) is 1.66. The second-order valence-electron chi connectivity index (χ2n) is 2.38. The van der Waals surface area contributed by atoms with Crippen LogP contribution in [0.25, 0.3) is 0 Å². The molecule has 0 saturated heterocycles. The van der Waals surface area contributed by atoms with Gasteiger partial charge >= 0.3 is 0 Å². The molecule has 9 heavy (non-hydrogen) atoms. The van der Waals surface area contributed by atoms with Crippen LogP contribution in [0.1, 0.15) is 20.8 Å². The Kier molecular flexibility index (Phi) is 2.99. The summed E-state index contributed by atoms with van der Waals surface area (Å²) in [5, 5.41) is 10.1. The second-order valence-corrected chi connectivity index (χ2v) is 2.38. The van der Waals surface area contributed by atoms with Crippen molar-refractivity contribution < 1.29 is 9.90 Å². The van der Waals surface area contributed by atoms with E-state index in [1.807, 2.05) is 13.8 Å². The van der Waals surface area contributed by atoms with E-state index in [0.29, 0.717) is 5.57 Å². The highest BCUT2D eigenvalue weighted by atomic mass is 16.4. The molecule has 0 aliphatic rings. The summed E-state index contributed by atoms with van der Waals surface area (Å²) in [5.41, 5.74) is 0.310. The van der Waals surface area contributed by atoms with E-state index < -0.39 is 5.97 Å². The molecule has 52 valence electrons. The molecule has 0 aromatic carbocycles. The van der Waals surface area contributed by atoms with E-state index >= 15 is 0 Å². The molecule has 0 saturated carbocycles. The van der Waals surface area contributed by atoms with Gasteiger partial charge in [-0.15, -0.1) is 0 Å². The first-order valence-electron chi connectivity index (χ1n) is 2.93. The molecular formula is C7H11O2-. The average molecular weight is 127 g/mol. The number of hydrogen-bond acceptors (Lipinski definition) is 2. The molecule has 2 heteroatoms. The van der Waals surface area contributed by atoms with Gasteiger partial charge in [0, 0.05) is 0 Å². The smallest absolute Gasteiger partial charge is 0.0668 e. The maximum Gasteiger partial charge on any atom is 0.0668 e. The first-order valence-corrected chi connectivity index (χ1v) is 2.93. The van der Waals surface area contributed by atoms with Crippen molar-refractivity contribution in [1.82, 2.24) is 0 Å². The standard InChI is InChI=1S/C7H12O2/c1-5(2)4-6(3)7(8)9/h4-5H,1-3H3,(H,8,9)/p-1. The van der Waals surface area contributed by atoms with Crippen LogP contribution in [-0.4, -0.2) is 5.97 Å². The van der Waals surface area contributed by atoms with Gasteiger partial charge in [-0.2, -0.15) is 0 Å². The maximum atomic E-state index is 10.1. The largest absolute Gasteiger partial charge is 0.545 e. The minimum Gasteiger partial charge on any atom is -0.545 e. The van der Waals surface area contributed by atoms with E-state index in [9.17, 15) is 9.90 Å². The lowest BCUT2D eigenvalue weighted by Crippen LogP contribution is -2.23. The van der Waals surface area contributed by atoms with E-state index in [-0.39, 0.29) is 5.92 Å². The Bertz CT molecular complexity index is 134. The van der Waals surface area contributed by atoms with Gasteiger partial charge in [0.05, 0.1) is 5.97 Å². The molecule has 2 nitrogen and oxygen atoms in total. The SMILES string of the molecule is CC(=CC(C)C)C(=O)[O-]. The van der Waals surface area contributed by atoms with E-state index in [0.717, 1.165) is 0 Å². The molecule has 0 amide bonds. The summed E-state index contributed by atoms with van der Waals surface area (Å²) >= 11 is 0. The predicted molar refractivity (Wildman–Crippen MR) is 33.6 cm³/mol. The number of allylic oxidation sites excluding steroid dienone is 1. The molecule has 0 fully saturated rings. The van der Waals surface area contributed by atoms with Crippen molar-refractivity contribution in [3.05, 3.63) is 11.6 Å². The molecule has 0 aromatic heterocycles. The highest BCUT2D eigenvalue weighted by Gasteiger charge is 1.90. The van der Waals surface area contributed by atoms with Crippen molar-refractivity contribution in [2.75, 3.05) is 0 Å². The molecule has 0 bridgehead atoms. The first kappa shape index (κ1) is 8.21. The van der Waals surface area contributed by atoms with Crippen LogP contribution in [0, 0.1) is 5.92 Å². The van der Waals surface area contributed by atoms with Crippen LogP contribution >= 0.6 is 0 Å². The zero-order chi connectivity index (χ0) is 7.44. The predicted octanol–water partition coefficient (Wildman–Crippen LogP) is 0.339. The van der Waals surface area contributed by atoms with Gasteiger partial charge in [-0.25, -0.2) is 0 Å². The Morgan fingerprint density at radius 2 is 2.00 bits per heavy atom. The quantitative estimate of drug-likeness (QED) is 0.502. The molecular weight excluding hydrogens is 116 g/mol. The highest BCUT2D eigenvalue weighted by Crippen LogP contribution is 1.99. The number of carboxylic acid groups (broad SMARTS) is 1. The van der Waals surface area contributed by atoms with Gasteiger partial charge < -0.3 is 9.90 Å². The molecule has 0 aliphatic heterocycles. The van der Waals surface area contributed by atoms with Crippen molar-refractivity contribution in [2.45, 2.75) is 20.8 Å². The Morgan fingerprint density at radius 3 is 2.11 bits per heavy atom. The molecule has 0 aromatic rings. The Hall–Kier alpha value is -0.790. The second kappa shape index (κ2) is 3.28. The van der Waals surface area contributed by atoms with Gasteiger partial charge in [-0.05, 0) is 18.4 Å². The van der Waals surface area contributed by atoms with Crippen molar-refractivity contribution in [1.29, 1.82) is 0 Å². The fraction of sp³-hybridized carbons (Fsp3) is 0.571. The Balaban J connectivity index is 4.00. The molecule has 0 unspecified atom stereocenters. The van der Waals surface area contributed by atoms with Crippen LogP contribution in [0.3, 0.4) is 0 Å². The summed E-state index contributed by atoms with van der Waals surface area (Å²) in [5.74, 6) is -0.799. The van der Waals surface area contributed by atoms with Crippen LogP contribution in [-0.2, 0) is 4.79 Å². The normalized spacial score (nSPS) is 12.2. The van der Waals surface area contributed by atoms with Crippen molar-refractivity contribution in [3.63, 3.8) is 0 Å². The van der Waals surface area contributed by atoms with E-state index in [1.165, 1.54) is 6.92 Å². The molecule has 0 aliphatic carbocycles. The minimum atomic E-state index is -1.08. The molecule has 0 N–H and O–H groups in total. The van der Waals surface area contributed by atoms with Crippen LogP contribution in [0.2, 0.25) is 0 Å². The van der Waals surface area contributed by atoms with Crippen LogP contribution in [0.15, 0.2) is 11.6 Å². The molecule has 0 atom stereocenters. The number of hydrogen-bond donors (Lipinski definition) is 0. The molecule has 0 rings (SSSR count). The van der Waals surface area contributed by atoms with Gasteiger partial charge in [0.25, 0.3) is 0 Å². The summed E-state index contributed by atoms with van der Waals surface area (Å²) in [7, 11) is 0. The molecule has 0 heterocycles.